The predicted octanol–water partition coefficient (Wildman–Crippen LogP) is 2.72. The molecule has 1 aliphatic rings. The second-order valence-electron chi connectivity index (χ2n) is 4.28. The van der Waals surface area contributed by atoms with Crippen molar-refractivity contribution < 1.29 is 0 Å². The Bertz CT molecular complexity index is 419. The van der Waals surface area contributed by atoms with Gasteiger partial charge in [0.1, 0.15) is 0 Å². The van der Waals surface area contributed by atoms with Crippen molar-refractivity contribution >= 4 is 17.3 Å². The van der Waals surface area contributed by atoms with Crippen molar-refractivity contribution in [2.45, 2.75) is 12.8 Å². The lowest BCUT2D eigenvalue weighted by molar-refractivity contribution is 0.352. The maximum atomic E-state index is 8.74. The zero-order valence-electron chi connectivity index (χ0n) is 9.75. The number of nitrogens with one attached hydrogen (secondary N) is 1. The topological polar surface area (TPSA) is 39.1 Å². The summed E-state index contributed by atoms with van der Waals surface area (Å²) in [4.78, 5) is 2.45. The Morgan fingerprint density at radius 1 is 1.35 bits per heavy atom. The molecular weight excluding hydrogens is 234 g/mol. The first kappa shape index (κ1) is 12.2. The highest BCUT2D eigenvalue weighted by molar-refractivity contribution is 6.33. The molecule has 1 N–H and O–H groups in total. The van der Waals surface area contributed by atoms with Gasteiger partial charge < -0.3 is 10.2 Å². The largest absolute Gasteiger partial charge is 0.383 e. The fraction of sp³-hybridized carbons (Fsp3) is 0.462. The lowest BCUT2D eigenvalue weighted by atomic mass is 10.2. The molecule has 0 saturated carbocycles. The van der Waals surface area contributed by atoms with Gasteiger partial charge in [-0.2, -0.15) is 5.26 Å². The molecule has 1 heterocycles. The summed E-state index contributed by atoms with van der Waals surface area (Å²) < 4.78 is 0. The van der Waals surface area contributed by atoms with Gasteiger partial charge in [-0.25, -0.2) is 0 Å². The molecule has 1 aliphatic heterocycles. The Hall–Kier alpha value is -1.24. The van der Waals surface area contributed by atoms with E-state index in [9.17, 15) is 0 Å². The summed E-state index contributed by atoms with van der Waals surface area (Å²) in [5, 5.41) is 12.7. The van der Waals surface area contributed by atoms with E-state index < -0.39 is 0 Å². The molecule has 90 valence electrons. The van der Waals surface area contributed by atoms with Crippen LogP contribution in [-0.4, -0.2) is 31.1 Å². The number of anilines is 1. The van der Waals surface area contributed by atoms with Crippen LogP contribution < -0.4 is 5.32 Å². The molecule has 0 atom stereocenters. The summed E-state index contributed by atoms with van der Waals surface area (Å²) in [6.45, 7) is 4.37. The molecule has 0 aliphatic carbocycles. The van der Waals surface area contributed by atoms with Crippen LogP contribution in [0, 0.1) is 11.3 Å². The second-order valence-corrected chi connectivity index (χ2v) is 4.69. The first-order chi connectivity index (χ1) is 8.29. The number of likely N-dealkylation sites (tertiary alicyclic amines) is 1. The van der Waals surface area contributed by atoms with Gasteiger partial charge in [-0.1, -0.05) is 11.6 Å². The molecule has 1 fully saturated rings. The van der Waals surface area contributed by atoms with Crippen molar-refractivity contribution in [2.24, 2.45) is 0 Å². The van der Waals surface area contributed by atoms with Crippen molar-refractivity contribution in [3.05, 3.63) is 28.8 Å². The maximum Gasteiger partial charge on any atom is 0.0992 e. The minimum Gasteiger partial charge on any atom is -0.383 e. The van der Waals surface area contributed by atoms with E-state index in [-0.39, 0.29) is 0 Å². The van der Waals surface area contributed by atoms with Gasteiger partial charge in [0.15, 0.2) is 0 Å². The molecule has 0 spiro atoms. The van der Waals surface area contributed by atoms with Gasteiger partial charge in [-0.3, -0.25) is 0 Å². The number of hydrogen-bond acceptors (Lipinski definition) is 3. The molecule has 1 aromatic carbocycles. The summed E-state index contributed by atoms with van der Waals surface area (Å²) >= 11 is 6.08. The lowest BCUT2D eigenvalue weighted by Gasteiger charge is -2.15. The summed E-state index contributed by atoms with van der Waals surface area (Å²) in [5.41, 5.74) is 1.50. The third-order valence-corrected chi connectivity index (χ3v) is 3.35. The van der Waals surface area contributed by atoms with Gasteiger partial charge >= 0.3 is 0 Å². The summed E-state index contributed by atoms with van der Waals surface area (Å²) in [5.74, 6) is 0. The van der Waals surface area contributed by atoms with Crippen molar-refractivity contribution in [2.75, 3.05) is 31.5 Å². The van der Waals surface area contributed by atoms with E-state index in [0.717, 1.165) is 18.8 Å². The normalized spacial score (nSPS) is 15.8. The van der Waals surface area contributed by atoms with Crippen molar-refractivity contribution in [3.63, 3.8) is 0 Å². The molecule has 1 saturated heterocycles. The van der Waals surface area contributed by atoms with Crippen LogP contribution in [0.25, 0.3) is 0 Å². The van der Waals surface area contributed by atoms with Crippen molar-refractivity contribution in [3.8, 4) is 6.07 Å². The Balaban J connectivity index is 1.84. The van der Waals surface area contributed by atoms with Crippen LogP contribution in [0.3, 0.4) is 0 Å². The van der Waals surface area contributed by atoms with Crippen LogP contribution in [0.5, 0.6) is 0 Å². The monoisotopic (exact) mass is 249 g/mol. The highest BCUT2D eigenvalue weighted by Crippen LogP contribution is 2.22. The van der Waals surface area contributed by atoms with Crippen LogP contribution in [0.2, 0.25) is 5.02 Å². The Morgan fingerprint density at radius 2 is 2.12 bits per heavy atom. The van der Waals surface area contributed by atoms with Crippen LogP contribution in [0.1, 0.15) is 18.4 Å². The molecule has 4 heteroatoms. The van der Waals surface area contributed by atoms with E-state index in [1.54, 1.807) is 12.1 Å². The molecule has 0 radical (unpaired) electrons. The number of rotatable bonds is 4. The minimum absolute atomic E-state index is 0.597. The first-order valence-electron chi connectivity index (χ1n) is 5.95. The lowest BCUT2D eigenvalue weighted by Crippen LogP contribution is -2.25. The molecule has 17 heavy (non-hydrogen) atoms. The number of hydrogen-bond donors (Lipinski definition) is 1. The highest BCUT2D eigenvalue weighted by Gasteiger charge is 2.10. The third-order valence-electron chi connectivity index (χ3n) is 3.04. The highest BCUT2D eigenvalue weighted by atomic mass is 35.5. The molecule has 0 amide bonds. The van der Waals surface area contributed by atoms with Gasteiger partial charge in [0.05, 0.1) is 22.3 Å². The Labute approximate surface area is 107 Å². The van der Waals surface area contributed by atoms with Gasteiger partial charge in [-0.05, 0) is 44.1 Å². The average Bonchev–Trinajstić information content (AvgIpc) is 2.84. The Morgan fingerprint density at radius 3 is 2.76 bits per heavy atom. The molecule has 3 nitrogen and oxygen atoms in total. The van der Waals surface area contributed by atoms with E-state index in [2.05, 4.69) is 16.3 Å². The van der Waals surface area contributed by atoms with E-state index in [1.807, 2.05) is 6.07 Å². The molecular formula is C13H16ClN3. The second kappa shape index (κ2) is 5.90. The van der Waals surface area contributed by atoms with Gasteiger partial charge in [0.25, 0.3) is 0 Å². The number of halogens is 1. The van der Waals surface area contributed by atoms with Gasteiger partial charge in [0, 0.05) is 13.1 Å². The number of nitrogens with zero attached hydrogens (tertiary/aromatic N) is 2. The van der Waals surface area contributed by atoms with Crippen LogP contribution in [0.4, 0.5) is 5.69 Å². The van der Waals surface area contributed by atoms with E-state index in [1.165, 1.54) is 25.9 Å². The standard InChI is InChI=1S/C13H16ClN3/c14-12-9-11(10-15)3-4-13(12)16-5-8-17-6-1-2-7-17/h3-4,9,16H,1-2,5-8H2. The van der Waals surface area contributed by atoms with Gasteiger partial charge in [0.2, 0.25) is 0 Å². The smallest absolute Gasteiger partial charge is 0.0992 e. The Kier molecular flexibility index (Phi) is 4.24. The summed E-state index contributed by atoms with van der Waals surface area (Å²) in [7, 11) is 0. The fourth-order valence-corrected chi connectivity index (χ4v) is 2.33. The van der Waals surface area contributed by atoms with Crippen LogP contribution in [-0.2, 0) is 0 Å². The average molecular weight is 250 g/mol. The quantitative estimate of drug-likeness (QED) is 0.892. The molecule has 0 aromatic heterocycles. The van der Waals surface area contributed by atoms with E-state index >= 15 is 0 Å². The zero-order chi connectivity index (χ0) is 12.1. The van der Waals surface area contributed by atoms with Crippen LogP contribution in [0.15, 0.2) is 18.2 Å². The SMILES string of the molecule is N#Cc1ccc(NCCN2CCCC2)c(Cl)c1. The summed E-state index contributed by atoms with van der Waals surface area (Å²) in [6.07, 6.45) is 2.63. The van der Waals surface area contributed by atoms with Crippen molar-refractivity contribution in [1.29, 1.82) is 5.26 Å². The fourth-order valence-electron chi connectivity index (χ4n) is 2.08. The van der Waals surface area contributed by atoms with Crippen LogP contribution >= 0.6 is 11.6 Å². The minimum atomic E-state index is 0.597. The number of benzene rings is 1. The van der Waals surface area contributed by atoms with Crippen molar-refractivity contribution in [1.82, 2.24) is 4.90 Å². The third kappa shape index (κ3) is 3.36. The molecule has 2 rings (SSSR count). The summed E-state index contributed by atoms with van der Waals surface area (Å²) in [6, 6.07) is 7.42. The van der Waals surface area contributed by atoms with Gasteiger partial charge in [-0.15, -0.1) is 0 Å². The zero-order valence-corrected chi connectivity index (χ0v) is 10.5. The van der Waals surface area contributed by atoms with E-state index in [4.69, 9.17) is 16.9 Å². The predicted molar refractivity (Wildman–Crippen MR) is 70.3 cm³/mol. The molecule has 0 unspecified atom stereocenters. The van der Waals surface area contributed by atoms with E-state index in [0.29, 0.717) is 10.6 Å². The maximum absolute atomic E-state index is 8.74. The first-order valence-corrected chi connectivity index (χ1v) is 6.33. The molecule has 1 aromatic rings. The molecule has 0 bridgehead atoms. The number of nitriles is 1.